The van der Waals surface area contributed by atoms with E-state index in [0.29, 0.717) is 26.2 Å². The van der Waals surface area contributed by atoms with Gasteiger partial charge in [-0.05, 0) is 63.3 Å². The Hall–Kier alpha value is -1.82. The standard InChI is InChI=1S/C21H21Cl2NO3S/c1-12(2)27-21(26)19-14-6-3-4-9-17(14)28-20(19)24-18(25)11-10-13-15(22)7-5-8-16(13)23/h5,7-8,10-12H,3-4,6,9H2,1-2H3,(H,24,25)/b11-10+. The summed E-state index contributed by atoms with van der Waals surface area (Å²) in [4.78, 5) is 26.3. The number of carbonyl (C=O) groups excluding carboxylic acids is 2. The number of nitrogens with one attached hydrogen (secondary N) is 1. The molecule has 0 saturated heterocycles. The summed E-state index contributed by atoms with van der Waals surface area (Å²) < 4.78 is 5.41. The topological polar surface area (TPSA) is 55.4 Å². The zero-order chi connectivity index (χ0) is 20.3. The van der Waals surface area contributed by atoms with Gasteiger partial charge in [0.05, 0.1) is 11.7 Å². The molecule has 0 atom stereocenters. The number of fused-ring (bicyclic) bond motifs is 1. The van der Waals surface area contributed by atoms with Gasteiger partial charge in [0.25, 0.3) is 0 Å². The van der Waals surface area contributed by atoms with Gasteiger partial charge in [0.1, 0.15) is 5.00 Å². The molecular weight excluding hydrogens is 417 g/mol. The number of hydrogen-bond donors (Lipinski definition) is 1. The van der Waals surface area contributed by atoms with Crippen LogP contribution in [-0.4, -0.2) is 18.0 Å². The normalized spacial score (nSPS) is 13.6. The van der Waals surface area contributed by atoms with E-state index in [1.807, 2.05) is 13.8 Å². The molecule has 7 heteroatoms. The highest BCUT2D eigenvalue weighted by Crippen LogP contribution is 2.38. The van der Waals surface area contributed by atoms with Crippen molar-refractivity contribution < 1.29 is 14.3 Å². The van der Waals surface area contributed by atoms with E-state index in [9.17, 15) is 9.59 Å². The van der Waals surface area contributed by atoms with Gasteiger partial charge in [-0.1, -0.05) is 29.3 Å². The van der Waals surface area contributed by atoms with Crippen molar-refractivity contribution >= 4 is 57.5 Å². The summed E-state index contributed by atoms with van der Waals surface area (Å²) in [7, 11) is 0. The van der Waals surface area contributed by atoms with Crippen molar-refractivity contribution in [2.45, 2.75) is 45.6 Å². The number of amides is 1. The fourth-order valence-corrected chi connectivity index (χ4v) is 4.93. The van der Waals surface area contributed by atoms with E-state index in [1.54, 1.807) is 24.3 Å². The number of thiophene rings is 1. The highest BCUT2D eigenvalue weighted by atomic mass is 35.5. The quantitative estimate of drug-likeness (QED) is 0.450. The van der Waals surface area contributed by atoms with Crippen molar-refractivity contribution in [3.05, 3.63) is 55.9 Å². The molecule has 1 amide bonds. The van der Waals surface area contributed by atoms with Crippen molar-refractivity contribution in [2.24, 2.45) is 0 Å². The van der Waals surface area contributed by atoms with Crippen molar-refractivity contribution in [1.29, 1.82) is 0 Å². The largest absolute Gasteiger partial charge is 0.459 e. The van der Waals surface area contributed by atoms with Crippen LogP contribution in [0, 0.1) is 0 Å². The summed E-state index contributed by atoms with van der Waals surface area (Å²) in [5.41, 5.74) is 2.08. The average molecular weight is 438 g/mol. The van der Waals surface area contributed by atoms with Crippen molar-refractivity contribution in [1.82, 2.24) is 0 Å². The Morgan fingerprint density at radius 3 is 2.54 bits per heavy atom. The summed E-state index contributed by atoms with van der Waals surface area (Å²) >= 11 is 13.7. The fourth-order valence-electron chi connectivity index (χ4n) is 3.13. The monoisotopic (exact) mass is 437 g/mol. The summed E-state index contributed by atoms with van der Waals surface area (Å²) in [5, 5.41) is 4.30. The van der Waals surface area contributed by atoms with Crippen LogP contribution in [0.15, 0.2) is 24.3 Å². The molecule has 2 aromatic rings. The van der Waals surface area contributed by atoms with Crippen LogP contribution in [-0.2, 0) is 22.4 Å². The molecule has 0 fully saturated rings. The molecule has 0 spiro atoms. The second-order valence-electron chi connectivity index (χ2n) is 6.83. The SMILES string of the molecule is CC(C)OC(=O)c1c(NC(=O)/C=C/c2c(Cl)cccc2Cl)sc2c1CCCC2. The first kappa shape index (κ1) is 20.9. The third-order valence-electron chi connectivity index (χ3n) is 4.36. The fraction of sp³-hybridized carbons (Fsp3) is 0.333. The van der Waals surface area contributed by atoms with Crippen LogP contribution in [0.4, 0.5) is 5.00 Å². The molecule has 1 aromatic heterocycles. The van der Waals surface area contributed by atoms with E-state index in [1.165, 1.54) is 17.4 Å². The zero-order valence-corrected chi connectivity index (χ0v) is 18.0. The first-order valence-corrected chi connectivity index (χ1v) is 10.7. The molecule has 28 heavy (non-hydrogen) atoms. The number of ether oxygens (including phenoxy) is 1. The minimum absolute atomic E-state index is 0.225. The van der Waals surface area contributed by atoms with Crippen LogP contribution in [0.2, 0.25) is 10.0 Å². The van der Waals surface area contributed by atoms with Crippen LogP contribution in [0.25, 0.3) is 6.08 Å². The van der Waals surface area contributed by atoms with Gasteiger partial charge in [-0.25, -0.2) is 4.79 Å². The maximum atomic E-state index is 12.6. The third-order valence-corrected chi connectivity index (χ3v) is 6.22. The summed E-state index contributed by atoms with van der Waals surface area (Å²) in [6.07, 6.45) is 6.58. The lowest BCUT2D eigenvalue weighted by Gasteiger charge is -2.14. The van der Waals surface area contributed by atoms with Gasteiger partial charge in [0, 0.05) is 26.6 Å². The number of benzene rings is 1. The van der Waals surface area contributed by atoms with Gasteiger partial charge < -0.3 is 10.1 Å². The molecule has 0 bridgehead atoms. The number of halogens is 2. The number of aryl methyl sites for hydroxylation is 1. The second-order valence-corrected chi connectivity index (χ2v) is 8.75. The molecule has 1 N–H and O–H groups in total. The van der Waals surface area contributed by atoms with Crippen molar-refractivity contribution in [3.8, 4) is 0 Å². The number of rotatable bonds is 5. The Morgan fingerprint density at radius 2 is 1.86 bits per heavy atom. The Balaban J connectivity index is 1.85. The summed E-state index contributed by atoms with van der Waals surface area (Å²) in [6.45, 7) is 3.62. The summed E-state index contributed by atoms with van der Waals surface area (Å²) in [6, 6.07) is 5.15. The van der Waals surface area contributed by atoms with Crippen LogP contribution in [0.5, 0.6) is 0 Å². The maximum absolute atomic E-state index is 12.6. The number of hydrogen-bond acceptors (Lipinski definition) is 4. The van der Waals surface area contributed by atoms with E-state index in [-0.39, 0.29) is 18.0 Å². The van der Waals surface area contributed by atoms with E-state index < -0.39 is 0 Å². The van der Waals surface area contributed by atoms with E-state index in [2.05, 4.69) is 5.32 Å². The smallest absolute Gasteiger partial charge is 0.341 e. The highest BCUT2D eigenvalue weighted by molar-refractivity contribution is 7.17. The Kier molecular flexibility index (Phi) is 6.81. The number of anilines is 1. The lowest BCUT2D eigenvalue weighted by molar-refractivity contribution is -0.111. The minimum atomic E-state index is -0.386. The zero-order valence-electron chi connectivity index (χ0n) is 15.7. The molecule has 0 aliphatic heterocycles. The van der Waals surface area contributed by atoms with Gasteiger partial charge in [-0.3, -0.25) is 4.79 Å². The molecule has 0 unspecified atom stereocenters. The lowest BCUT2D eigenvalue weighted by atomic mass is 9.95. The Morgan fingerprint density at radius 1 is 1.18 bits per heavy atom. The van der Waals surface area contributed by atoms with Gasteiger partial charge in [-0.15, -0.1) is 11.3 Å². The van der Waals surface area contributed by atoms with E-state index in [0.717, 1.165) is 36.1 Å². The molecule has 4 nitrogen and oxygen atoms in total. The minimum Gasteiger partial charge on any atom is -0.459 e. The molecule has 1 aliphatic carbocycles. The van der Waals surface area contributed by atoms with E-state index >= 15 is 0 Å². The summed E-state index contributed by atoms with van der Waals surface area (Å²) in [5.74, 6) is -0.740. The molecule has 3 rings (SSSR count). The Bertz CT molecular complexity index is 914. The molecular formula is C21H21Cl2NO3S. The highest BCUT2D eigenvalue weighted by Gasteiger charge is 2.27. The molecule has 1 aromatic carbocycles. The predicted molar refractivity (Wildman–Crippen MR) is 116 cm³/mol. The second kappa shape index (κ2) is 9.12. The first-order valence-electron chi connectivity index (χ1n) is 9.15. The third kappa shape index (κ3) is 4.77. The van der Waals surface area contributed by atoms with Crippen LogP contribution < -0.4 is 5.32 Å². The van der Waals surface area contributed by atoms with Gasteiger partial charge in [0.15, 0.2) is 0 Å². The predicted octanol–water partition coefficient (Wildman–Crippen LogP) is 6.15. The van der Waals surface area contributed by atoms with Crippen LogP contribution >= 0.6 is 34.5 Å². The first-order chi connectivity index (χ1) is 13.4. The number of esters is 1. The van der Waals surface area contributed by atoms with E-state index in [4.69, 9.17) is 27.9 Å². The van der Waals surface area contributed by atoms with Crippen molar-refractivity contribution in [2.75, 3.05) is 5.32 Å². The molecule has 0 saturated carbocycles. The molecule has 0 radical (unpaired) electrons. The number of carbonyl (C=O) groups is 2. The maximum Gasteiger partial charge on any atom is 0.341 e. The van der Waals surface area contributed by atoms with Crippen molar-refractivity contribution in [3.63, 3.8) is 0 Å². The average Bonchev–Trinajstić information content (AvgIpc) is 2.98. The van der Waals surface area contributed by atoms with Gasteiger partial charge in [0.2, 0.25) is 5.91 Å². The molecule has 148 valence electrons. The van der Waals surface area contributed by atoms with Crippen LogP contribution in [0.3, 0.4) is 0 Å². The lowest BCUT2D eigenvalue weighted by Crippen LogP contribution is -2.17. The van der Waals surface area contributed by atoms with Crippen LogP contribution in [0.1, 0.15) is 53.1 Å². The van der Waals surface area contributed by atoms with Gasteiger partial charge >= 0.3 is 5.97 Å². The van der Waals surface area contributed by atoms with Gasteiger partial charge in [-0.2, -0.15) is 0 Å². The molecule has 1 heterocycles. The Labute approximate surface area is 178 Å². The molecule has 1 aliphatic rings.